The van der Waals surface area contributed by atoms with Crippen LogP contribution in [0.5, 0.6) is 0 Å². The second-order valence-corrected chi connectivity index (χ2v) is 6.60. The molecule has 0 unspecified atom stereocenters. The second-order valence-electron chi connectivity index (χ2n) is 5.27. The van der Waals surface area contributed by atoms with Crippen molar-refractivity contribution in [1.82, 2.24) is 0 Å². The van der Waals surface area contributed by atoms with Crippen LogP contribution in [0.2, 0.25) is 5.02 Å². The third-order valence-electron chi connectivity index (χ3n) is 3.16. The fourth-order valence-corrected chi connectivity index (χ4v) is 2.91. The normalized spacial score (nSPS) is 11.6. The van der Waals surface area contributed by atoms with Crippen molar-refractivity contribution in [2.45, 2.75) is 19.3 Å². The van der Waals surface area contributed by atoms with Gasteiger partial charge in [0.05, 0.1) is 17.1 Å². The Labute approximate surface area is 126 Å². The lowest BCUT2D eigenvalue weighted by Crippen LogP contribution is -2.27. The largest absolute Gasteiger partial charge is 0.397 e. The van der Waals surface area contributed by atoms with Gasteiger partial charge in [-0.1, -0.05) is 31.5 Å². The maximum atomic E-state index is 14.1. The molecule has 2 aromatic rings. The van der Waals surface area contributed by atoms with E-state index in [0.29, 0.717) is 6.54 Å². The van der Waals surface area contributed by atoms with E-state index in [4.69, 9.17) is 23.1 Å². The van der Waals surface area contributed by atoms with Gasteiger partial charge >= 0.3 is 0 Å². The zero-order valence-electron chi connectivity index (χ0n) is 11.3. The maximum absolute atomic E-state index is 14.1. The van der Waals surface area contributed by atoms with Crippen LogP contribution in [0, 0.1) is 5.82 Å². The van der Waals surface area contributed by atoms with Crippen molar-refractivity contribution in [3.8, 4) is 0 Å². The summed E-state index contributed by atoms with van der Waals surface area (Å²) in [5.41, 5.74) is 11.8. The van der Waals surface area contributed by atoms with Crippen LogP contribution in [0.15, 0.2) is 23.6 Å². The Hall–Kier alpha value is -1.46. The van der Waals surface area contributed by atoms with E-state index in [1.807, 2.05) is 11.4 Å². The molecule has 0 saturated carbocycles. The van der Waals surface area contributed by atoms with Crippen molar-refractivity contribution in [3.63, 3.8) is 0 Å². The molecule has 5 N–H and O–H groups in total. The quantitative estimate of drug-likeness (QED) is 0.745. The summed E-state index contributed by atoms with van der Waals surface area (Å²) in [6.45, 7) is 4.70. The van der Waals surface area contributed by atoms with E-state index >= 15 is 0 Å². The molecule has 0 radical (unpaired) electrons. The molecule has 20 heavy (non-hydrogen) atoms. The molecule has 0 atom stereocenters. The summed E-state index contributed by atoms with van der Waals surface area (Å²) < 4.78 is 14.1. The Kier molecular flexibility index (Phi) is 4.11. The molecule has 0 aliphatic rings. The van der Waals surface area contributed by atoms with Gasteiger partial charge < -0.3 is 16.8 Å². The van der Waals surface area contributed by atoms with Crippen molar-refractivity contribution in [2.75, 3.05) is 23.3 Å². The molecule has 0 aliphatic heterocycles. The SMILES string of the molecule is CC(C)(CNc1c(N)cc(N)c(Cl)c1F)c1cccs1. The lowest BCUT2D eigenvalue weighted by molar-refractivity contribution is 0.564. The summed E-state index contributed by atoms with van der Waals surface area (Å²) in [7, 11) is 0. The molecule has 0 bridgehead atoms. The number of nitrogen functional groups attached to an aromatic ring is 2. The monoisotopic (exact) mass is 313 g/mol. The minimum Gasteiger partial charge on any atom is -0.397 e. The first-order valence-electron chi connectivity index (χ1n) is 6.13. The van der Waals surface area contributed by atoms with E-state index in [1.54, 1.807) is 11.3 Å². The van der Waals surface area contributed by atoms with E-state index < -0.39 is 5.82 Å². The Morgan fingerprint density at radius 1 is 1.35 bits per heavy atom. The molecule has 1 aromatic heterocycles. The van der Waals surface area contributed by atoms with Crippen LogP contribution in [0.4, 0.5) is 21.5 Å². The van der Waals surface area contributed by atoms with E-state index in [2.05, 4.69) is 25.2 Å². The second kappa shape index (κ2) is 5.50. The van der Waals surface area contributed by atoms with Gasteiger partial charge in [0.2, 0.25) is 0 Å². The van der Waals surface area contributed by atoms with E-state index in [0.717, 1.165) is 0 Å². The third-order valence-corrected chi connectivity index (χ3v) is 4.78. The van der Waals surface area contributed by atoms with Crippen molar-refractivity contribution in [3.05, 3.63) is 39.3 Å². The number of nitrogens with one attached hydrogen (secondary N) is 1. The molecule has 6 heteroatoms. The smallest absolute Gasteiger partial charge is 0.169 e. The Morgan fingerprint density at radius 3 is 2.65 bits per heavy atom. The minimum absolute atomic E-state index is 0.101. The summed E-state index contributed by atoms with van der Waals surface area (Å²) in [5.74, 6) is -0.605. The van der Waals surface area contributed by atoms with Gasteiger partial charge in [0.15, 0.2) is 5.82 Å². The first kappa shape index (κ1) is 14.9. The molecule has 108 valence electrons. The summed E-state index contributed by atoms with van der Waals surface area (Å²) in [6.07, 6.45) is 0. The van der Waals surface area contributed by atoms with Gasteiger partial charge in [-0.2, -0.15) is 0 Å². The molecule has 0 fully saturated rings. The summed E-state index contributed by atoms with van der Waals surface area (Å²) in [4.78, 5) is 1.21. The van der Waals surface area contributed by atoms with Crippen LogP contribution in [0.25, 0.3) is 0 Å². The number of anilines is 3. The highest BCUT2D eigenvalue weighted by Crippen LogP contribution is 2.35. The minimum atomic E-state index is -0.605. The molecular formula is C14H17ClFN3S. The van der Waals surface area contributed by atoms with Crippen LogP contribution in [-0.4, -0.2) is 6.54 Å². The average Bonchev–Trinajstić information content (AvgIpc) is 2.90. The van der Waals surface area contributed by atoms with Crippen LogP contribution < -0.4 is 16.8 Å². The summed E-state index contributed by atoms with van der Waals surface area (Å²) in [6, 6.07) is 5.52. The van der Waals surface area contributed by atoms with E-state index in [-0.39, 0.29) is 27.5 Å². The molecule has 0 aliphatic carbocycles. The Morgan fingerprint density at radius 2 is 2.05 bits per heavy atom. The van der Waals surface area contributed by atoms with Gasteiger partial charge in [0.25, 0.3) is 0 Å². The molecule has 0 amide bonds. The zero-order valence-corrected chi connectivity index (χ0v) is 12.9. The number of nitrogens with two attached hydrogens (primary N) is 2. The lowest BCUT2D eigenvalue weighted by atomic mass is 9.91. The Bertz CT molecular complexity index is 611. The van der Waals surface area contributed by atoms with E-state index in [9.17, 15) is 4.39 Å². The maximum Gasteiger partial charge on any atom is 0.169 e. The van der Waals surface area contributed by atoms with Gasteiger partial charge in [-0.3, -0.25) is 0 Å². The summed E-state index contributed by atoms with van der Waals surface area (Å²) >= 11 is 7.48. The fourth-order valence-electron chi connectivity index (χ4n) is 1.91. The van der Waals surface area contributed by atoms with Gasteiger partial charge in [-0.05, 0) is 17.5 Å². The first-order valence-corrected chi connectivity index (χ1v) is 7.39. The van der Waals surface area contributed by atoms with Gasteiger partial charge in [0, 0.05) is 16.8 Å². The van der Waals surface area contributed by atoms with Crippen LogP contribution in [0.1, 0.15) is 18.7 Å². The number of thiophene rings is 1. The molecule has 1 heterocycles. The highest BCUT2D eigenvalue weighted by molar-refractivity contribution is 7.10. The van der Waals surface area contributed by atoms with Crippen molar-refractivity contribution in [2.24, 2.45) is 0 Å². The number of halogens is 2. The molecule has 3 nitrogen and oxygen atoms in total. The van der Waals surface area contributed by atoms with Crippen molar-refractivity contribution in [1.29, 1.82) is 0 Å². The van der Waals surface area contributed by atoms with Crippen molar-refractivity contribution >= 4 is 40.0 Å². The molecule has 0 saturated heterocycles. The Balaban J connectivity index is 2.22. The predicted molar refractivity (Wildman–Crippen MR) is 86.1 cm³/mol. The number of hydrogen-bond acceptors (Lipinski definition) is 4. The van der Waals surface area contributed by atoms with Crippen molar-refractivity contribution < 1.29 is 4.39 Å². The summed E-state index contributed by atoms with van der Waals surface area (Å²) in [5, 5.41) is 4.96. The fraction of sp³-hybridized carbons (Fsp3) is 0.286. The molecular weight excluding hydrogens is 297 g/mol. The van der Waals surface area contributed by atoms with Gasteiger partial charge in [-0.25, -0.2) is 4.39 Å². The van der Waals surface area contributed by atoms with Gasteiger partial charge in [-0.15, -0.1) is 11.3 Å². The molecule has 2 rings (SSSR count). The van der Waals surface area contributed by atoms with Crippen LogP contribution >= 0.6 is 22.9 Å². The number of rotatable bonds is 4. The van der Waals surface area contributed by atoms with Crippen LogP contribution in [-0.2, 0) is 5.41 Å². The molecule has 0 spiro atoms. The first-order chi connectivity index (χ1) is 9.33. The third kappa shape index (κ3) is 2.83. The predicted octanol–water partition coefficient (Wildman–Crippen LogP) is 4.09. The van der Waals surface area contributed by atoms with Crippen LogP contribution in [0.3, 0.4) is 0 Å². The lowest BCUT2D eigenvalue weighted by Gasteiger charge is -2.25. The topological polar surface area (TPSA) is 64.1 Å². The zero-order chi connectivity index (χ0) is 14.9. The number of hydrogen-bond donors (Lipinski definition) is 3. The number of benzene rings is 1. The highest BCUT2D eigenvalue weighted by atomic mass is 35.5. The van der Waals surface area contributed by atoms with Gasteiger partial charge in [0.1, 0.15) is 5.02 Å². The standard InChI is InChI=1S/C14H17ClFN3S/c1-14(2,10-4-3-5-20-10)7-19-13-9(18)6-8(17)11(15)12(13)16/h3-6,19H,7,17-18H2,1-2H3. The average molecular weight is 314 g/mol. The molecule has 1 aromatic carbocycles. The highest BCUT2D eigenvalue weighted by Gasteiger charge is 2.23. The van der Waals surface area contributed by atoms with E-state index in [1.165, 1.54) is 10.9 Å².